The first kappa shape index (κ1) is 17.0. The van der Waals surface area contributed by atoms with E-state index >= 15 is 0 Å². The van der Waals surface area contributed by atoms with Crippen molar-refractivity contribution in [1.82, 2.24) is 10.3 Å². The number of anilines is 1. The van der Waals surface area contributed by atoms with E-state index < -0.39 is 17.5 Å². The minimum absolute atomic E-state index is 0.109. The second-order valence-corrected chi connectivity index (χ2v) is 6.30. The average Bonchev–Trinajstić information content (AvgIpc) is 2.54. The number of nitrogens with two attached hydrogens (primary N) is 1. The number of fused-ring (bicyclic) bond motifs is 1. The van der Waals surface area contributed by atoms with E-state index in [1.54, 1.807) is 24.3 Å². The Morgan fingerprint density at radius 2 is 2.08 bits per heavy atom. The van der Waals surface area contributed by atoms with Crippen LogP contribution in [0.25, 0.3) is 0 Å². The highest BCUT2D eigenvalue weighted by Crippen LogP contribution is 2.28. The van der Waals surface area contributed by atoms with Gasteiger partial charge in [-0.25, -0.2) is 4.79 Å². The molecular weight excluding hydrogens is 344 g/mol. The molecule has 1 aromatic heterocycles. The van der Waals surface area contributed by atoms with Crippen molar-refractivity contribution < 1.29 is 9.59 Å². The highest BCUT2D eigenvalue weighted by atomic mass is 35.5. The number of hydrogen-bond acceptors (Lipinski definition) is 3. The molecule has 3 amide bonds. The molecule has 0 saturated heterocycles. The topological polar surface area (TPSA) is 117 Å². The zero-order chi connectivity index (χ0) is 18.0. The van der Waals surface area contributed by atoms with E-state index in [2.05, 4.69) is 15.6 Å². The summed E-state index contributed by atoms with van der Waals surface area (Å²) in [5.41, 5.74) is 6.62. The summed E-state index contributed by atoms with van der Waals surface area (Å²) in [4.78, 5) is 38.2. The predicted molar refractivity (Wildman–Crippen MR) is 94.9 cm³/mol. The lowest BCUT2D eigenvalue weighted by Gasteiger charge is -2.26. The van der Waals surface area contributed by atoms with Gasteiger partial charge in [0.15, 0.2) is 0 Å². The highest BCUT2D eigenvalue weighted by molar-refractivity contribution is 6.30. The van der Waals surface area contributed by atoms with Gasteiger partial charge in [-0.15, -0.1) is 0 Å². The number of aromatic amines is 1. The first-order chi connectivity index (χ1) is 11.9. The van der Waals surface area contributed by atoms with Gasteiger partial charge in [0.2, 0.25) is 0 Å². The van der Waals surface area contributed by atoms with Crippen LogP contribution >= 0.6 is 11.6 Å². The Bertz CT molecular complexity index is 894. The van der Waals surface area contributed by atoms with E-state index in [0.717, 1.165) is 6.42 Å². The third-order valence-corrected chi connectivity index (χ3v) is 4.34. The van der Waals surface area contributed by atoms with Gasteiger partial charge in [-0.1, -0.05) is 17.7 Å². The zero-order valence-electron chi connectivity index (χ0n) is 13.3. The molecule has 5 N–H and O–H groups in total. The van der Waals surface area contributed by atoms with Crippen molar-refractivity contribution in [1.29, 1.82) is 0 Å². The minimum Gasteiger partial charge on any atom is -0.365 e. The second kappa shape index (κ2) is 6.98. The summed E-state index contributed by atoms with van der Waals surface area (Å²) in [5, 5.41) is 6.09. The molecule has 25 heavy (non-hydrogen) atoms. The Morgan fingerprint density at radius 1 is 1.28 bits per heavy atom. The Balaban J connectivity index is 1.80. The van der Waals surface area contributed by atoms with Crippen LogP contribution in [0.4, 0.5) is 10.5 Å². The lowest BCUT2D eigenvalue weighted by molar-refractivity contribution is 0.0998. The second-order valence-electron chi connectivity index (χ2n) is 5.86. The fourth-order valence-corrected chi connectivity index (χ4v) is 3.16. The smallest absolute Gasteiger partial charge is 0.319 e. The van der Waals surface area contributed by atoms with Gasteiger partial charge >= 0.3 is 6.03 Å². The molecule has 130 valence electrons. The van der Waals surface area contributed by atoms with Crippen LogP contribution in [0, 0.1) is 0 Å². The van der Waals surface area contributed by atoms with Gasteiger partial charge in [-0.05, 0) is 49.1 Å². The molecule has 0 bridgehead atoms. The molecule has 0 spiro atoms. The quantitative estimate of drug-likeness (QED) is 0.672. The van der Waals surface area contributed by atoms with Crippen LogP contribution in [0.15, 0.2) is 35.1 Å². The number of aryl methyl sites for hydroxylation is 1. The van der Waals surface area contributed by atoms with E-state index in [0.29, 0.717) is 34.8 Å². The molecule has 0 aliphatic heterocycles. The normalized spacial score (nSPS) is 16.0. The van der Waals surface area contributed by atoms with Crippen molar-refractivity contribution in [3.8, 4) is 0 Å². The SMILES string of the molecule is NC(=O)c1cc2c([nH]c1=O)CCCC2NC(=O)Nc1cccc(Cl)c1. The summed E-state index contributed by atoms with van der Waals surface area (Å²) in [6, 6.07) is 7.56. The molecule has 1 atom stereocenters. The molecule has 0 radical (unpaired) electrons. The van der Waals surface area contributed by atoms with E-state index in [4.69, 9.17) is 17.3 Å². The van der Waals surface area contributed by atoms with Crippen LogP contribution in [0.3, 0.4) is 0 Å². The molecule has 3 rings (SSSR count). The van der Waals surface area contributed by atoms with E-state index in [1.165, 1.54) is 6.07 Å². The maximum atomic E-state index is 12.3. The molecule has 1 unspecified atom stereocenters. The largest absolute Gasteiger partial charge is 0.365 e. The Labute approximate surface area is 148 Å². The van der Waals surface area contributed by atoms with Crippen LogP contribution in [0.2, 0.25) is 5.02 Å². The van der Waals surface area contributed by atoms with Crippen LogP contribution < -0.4 is 21.9 Å². The van der Waals surface area contributed by atoms with E-state index in [9.17, 15) is 14.4 Å². The number of aromatic nitrogens is 1. The van der Waals surface area contributed by atoms with E-state index in [1.807, 2.05) is 0 Å². The monoisotopic (exact) mass is 360 g/mol. The molecule has 7 nitrogen and oxygen atoms in total. The molecular formula is C17H17ClN4O3. The Kier molecular flexibility index (Phi) is 4.76. The summed E-state index contributed by atoms with van der Waals surface area (Å²) in [6.07, 6.45) is 2.18. The standard InChI is InChI=1S/C17H17ClN4O3/c18-9-3-1-4-10(7-9)20-17(25)22-14-6-2-5-13-11(14)8-12(15(19)23)16(24)21-13/h1,3-4,7-8,14H,2,5-6H2,(H2,19,23)(H,21,24)(H2,20,22,25). The molecule has 0 saturated carbocycles. The molecule has 2 aromatic rings. The molecule has 1 aliphatic rings. The van der Waals surface area contributed by atoms with Gasteiger partial charge in [0.05, 0.1) is 6.04 Å². The van der Waals surface area contributed by atoms with Crippen LogP contribution in [0.5, 0.6) is 0 Å². The summed E-state index contributed by atoms with van der Waals surface area (Å²) in [6.45, 7) is 0. The van der Waals surface area contributed by atoms with Crippen molar-refractivity contribution in [2.75, 3.05) is 5.32 Å². The van der Waals surface area contributed by atoms with Crippen LogP contribution in [0.1, 0.15) is 40.5 Å². The number of carbonyl (C=O) groups excluding carboxylic acids is 2. The fraction of sp³-hybridized carbons (Fsp3) is 0.235. The van der Waals surface area contributed by atoms with Gasteiger partial charge in [0.1, 0.15) is 5.56 Å². The number of rotatable bonds is 3. The number of hydrogen-bond donors (Lipinski definition) is 4. The van der Waals surface area contributed by atoms with Gasteiger partial charge in [0.25, 0.3) is 11.5 Å². The number of carbonyl (C=O) groups is 2. The summed E-state index contributed by atoms with van der Waals surface area (Å²) in [5.74, 6) is -0.795. The molecule has 0 fully saturated rings. The Hall–Kier alpha value is -2.80. The lowest BCUT2D eigenvalue weighted by Crippen LogP contribution is -2.36. The summed E-state index contributed by atoms with van der Waals surface area (Å²) < 4.78 is 0. The highest BCUT2D eigenvalue weighted by Gasteiger charge is 2.24. The molecule has 1 aromatic carbocycles. The Morgan fingerprint density at radius 3 is 2.80 bits per heavy atom. The van der Waals surface area contributed by atoms with Crippen molar-refractivity contribution in [2.45, 2.75) is 25.3 Å². The van der Waals surface area contributed by atoms with Gasteiger partial charge in [-0.3, -0.25) is 9.59 Å². The van der Waals surface area contributed by atoms with Crippen LogP contribution in [-0.4, -0.2) is 16.9 Å². The molecule has 8 heteroatoms. The van der Waals surface area contributed by atoms with E-state index in [-0.39, 0.29) is 11.6 Å². The number of benzene rings is 1. The number of urea groups is 1. The van der Waals surface area contributed by atoms with Gasteiger partial charge in [-0.2, -0.15) is 0 Å². The number of H-pyrrole nitrogens is 1. The van der Waals surface area contributed by atoms with Crippen molar-refractivity contribution in [3.63, 3.8) is 0 Å². The number of pyridine rings is 1. The third kappa shape index (κ3) is 3.83. The molecule has 1 heterocycles. The number of nitrogens with one attached hydrogen (secondary N) is 3. The summed E-state index contributed by atoms with van der Waals surface area (Å²) in [7, 11) is 0. The first-order valence-electron chi connectivity index (χ1n) is 7.83. The third-order valence-electron chi connectivity index (χ3n) is 4.11. The van der Waals surface area contributed by atoms with Crippen LogP contribution in [-0.2, 0) is 6.42 Å². The minimum atomic E-state index is -0.795. The van der Waals surface area contributed by atoms with Crippen molar-refractivity contribution in [3.05, 3.63) is 62.5 Å². The number of primary amides is 1. The molecule has 1 aliphatic carbocycles. The lowest BCUT2D eigenvalue weighted by atomic mass is 9.90. The average molecular weight is 361 g/mol. The van der Waals surface area contributed by atoms with Crippen molar-refractivity contribution in [2.24, 2.45) is 5.73 Å². The number of halogens is 1. The first-order valence-corrected chi connectivity index (χ1v) is 8.21. The predicted octanol–water partition coefficient (Wildman–Crippen LogP) is 2.33. The maximum Gasteiger partial charge on any atom is 0.319 e. The summed E-state index contributed by atoms with van der Waals surface area (Å²) >= 11 is 5.90. The van der Waals surface area contributed by atoms with Crippen molar-refractivity contribution >= 4 is 29.2 Å². The zero-order valence-corrected chi connectivity index (χ0v) is 14.0. The van der Waals surface area contributed by atoms with Gasteiger partial charge < -0.3 is 21.4 Å². The fourth-order valence-electron chi connectivity index (χ4n) is 2.97. The van der Waals surface area contributed by atoms with Gasteiger partial charge in [0, 0.05) is 16.4 Å². The number of amides is 3. The maximum absolute atomic E-state index is 12.3.